The Bertz CT molecular complexity index is 485. The van der Waals surface area contributed by atoms with Crippen LogP contribution in [0, 0.1) is 11.8 Å². The van der Waals surface area contributed by atoms with Crippen molar-refractivity contribution in [3.05, 3.63) is 35.9 Å². The molecule has 0 aliphatic rings. The maximum Gasteiger partial charge on any atom is 0.306 e. The van der Waals surface area contributed by atoms with Crippen LogP contribution in [-0.4, -0.2) is 18.5 Å². The van der Waals surface area contributed by atoms with Crippen LogP contribution >= 0.6 is 0 Å². The molecule has 0 aliphatic carbocycles. The van der Waals surface area contributed by atoms with Gasteiger partial charge in [0.25, 0.3) is 0 Å². The SMILES string of the molecule is CCOC(=O)CC(CC(=O)NC(C)c1ccccc1)CC(C)C. The molecule has 0 saturated carbocycles. The molecule has 2 atom stereocenters. The monoisotopic (exact) mass is 319 g/mol. The Balaban J connectivity index is 2.56. The summed E-state index contributed by atoms with van der Waals surface area (Å²) in [7, 11) is 0. The van der Waals surface area contributed by atoms with Crippen LogP contribution in [0.5, 0.6) is 0 Å². The number of ether oxygens (including phenoxy) is 1. The van der Waals surface area contributed by atoms with Crippen molar-refractivity contribution in [3.8, 4) is 0 Å². The fourth-order valence-corrected chi connectivity index (χ4v) is 2.75. The lowest BCUT2D eigenvalue weighted by molar-refractivity contribution is -0.144. The lowest BCUT2D eigenvalue weighted by Gasteiger charge is -2.20. The molecule has 4 heteroatoms. The number of rotatable bonds is 9. The van der Waals surface area contributed by atoms with Gasteiger partial charge in [0.05, 0.1) is 12.6 Å². The summed E-state index contributed by atoms with van der Waals surface area (Å²) in [6.07, 6.45) is 1.50. The molecule has 1 rings (SSSR count). The number of carbonyl (C=O) groups excluding carboxylic acids is 2. The predicted molar refractivity (Wildman–Crippen MR) is 91.8 cm³/mol. The summed E-state index contributed by atoms with van der Waals surface area (Å²) in [6.45, 7) is 8.34. The second-order valence-corrected chi connectivity index (χ2v) is 6.41. The molecule has 1 aromatic rings. The Kier molecular flexibility index (Phi) is 8.38. The first-order valence-electron chi connectivity index (χ1n) is 8.42. The quantitative estimate of drug-likeness (QED) is 0.703. The summed E-state index contributed by atoms with van der Waals surface area (Å²) >= 11 is 0. The van der Waals surface area contributed by atoms with E-state index in [1.807, 2.05) is 37.3 Å². The topological polar surface area (TPSA) is 55.4 Å². The Morgan fingerprint density at radius 3 is 2.30 bits per heavy atom. The highest BCUT2D eigenvalue weighted by Gasteiger charge is 2.20. The number of hydrogen-bond acceptors (Lipinski definition) is 3. The molecule has 1 aromatic carbocycles. The third kappa shape index (κ3) is 7.82. The molecule has 0 radical (unpaired) electrons. The van der Waals surface area contributed by atoms with Crippen LogP contribution in [-0.2, 0) is 14.3 Å². The molecular formula is C19H29NO3. The fraction of sp³-hybridized carbons (Fsp3) is 0.579. The number of benzene rings is 1. The van der Waals surface area contributed by atoms with Crippen molar-refractivity contribution >= 4 is 11.9 Å². The van der Waals surface area contributed by atoms with Crippen molar-refractivity contribution in [3.63, 3.8) is 0 Å². The van der Waals surface area contributed by atoms with Crippen LogP contribution < -0.4 is 5.32 Å². The van der Waals surface area contributed by atoms with E-state index in [4.69, 9.17) is 4.74 Å². The first-order valence-corrected chi connectivity index (χ1v) is 8.42. The molecule has 0 aromatic heterocycles. The van der Waals surface area contributed by atoms with E-state index < -0.39 is 0 Å². The van der Waals surface area contributed by atoms with Gasteiger partial charge in [-0.05, 0) is 37.7 Å². The molecule has 128 valence electrons. The fourth-order valence-electron chi connectivity index (χ4n) is 2.75. The van der Waals surface area contributed by atoms with E-state index in [9.17, 15) is 9.59 Å². The molecule has 0 spiro atoms. The van der Waals surface area contributed by atoms with E-state index in [1.54, 1.807) is 6.92 Å². The van der Waals surface area contributed by atoms with Crippen LogP contribution in [0.15, 0.2) is 30.3 Å². The van der Waals surface area contributed by atoms with E-state index >= 15 is 0 Å². The van der Waals surface area contributed by atoms with E-state index in [-0.39, 0.29) is 23.8 Å². The minimum absolute atomic E-state index is 0.0173. The zero-order valence-corrected chi connectivity index (χ0v) is 14.7. The molecule has 1 amide bonds. The summed E-state index contributed by atoms with van der Waals surface area (Å²) in [5.74, 6) is 0.226. The molecule has 23 heavy (non-hydrogen) atoms. The van der Waals surface area contributed by atoms with Crippen molar-refractivity contribution < 1.29 is 14.3 Å². The van der Waals surface area contributed by atoms with Gasteiger partial charge in [-0.25, -0.2) is 0 Å². The van der Waals surface area contributed by atoms with Gasteiger partial charge in [-0.2, -0.15) is 0 Å². The van der Waals surface area contributed by atoms with Gasteiger partial charge in [-0.1, -0.05) is 44.2 Å². The first kappa shape index (κ1) is 19.2. The van der Waals surface area contributed by atoms with Gasteiger partial charge in [0.15, 0.2) is 0 Å². The zero-order chi connectivity index (χ0) is 17.2. The van der Waals surface area contributed by atoms with Gasteiger partial charge in [-0.15, -0.1) is 0 Å². The van der Waals surface area contributed by atoms with Crippen LogP contribution in [0.25, 0.3) is 0 Å². The second-order valence-electron chi connectivity index (χ2n) is 6.41. The van der Waals surface area contributed by atoms with Crippen molar-refractivity contribution in [1.29, 1.82) is 0 Å². The highest BCUT2D eigenvalue weighted by molar-refractivity contribution is 5.78. The number of amides is 1. The molecule has 0 heterocycles. The number of hydrogen-bond donors (Lipinski definition) is 1. The molecule has 0 saturated heterocycles. The Hall–Kier alpha value is -1.84. The highest BCUT2D eigenvalue weighted by Crippen LogP contribution is 2.21. The third-order valence-corrected chi connectivity index (χ3v) is 3.72. The van der Waals surface area contributed by atoms with Crippen molar-refractivity contribution in [2.75, 3.05) is 6.61 Å². The van der Waals surface area contributed by atoms with Gasteiger partial charge in [0.2, 0.25) is 5.91 Å². The van der Waals surface area contributed by atoms with Crippen molar-refractivity contribution in [2.45, 2.75) is 53.0 Å². The van der Waals surface area contributed by atoms with Gasteiger partial charge in [0, 0.05) is 12.8 Å². The zero-order valence-electron chi connectivity index (χ0n) is 14.7. The van der Waals surface area contributed by atoms with Gasteiger partial charge in [-0.3, -0.25) is 9.59 Å². The van der Waals surface area contributed by atoms with E-state index in [0.717, 1.165) is 12.0 Å². The Labute approximate surface area is 139 Å². The van der Waals surface area contributed by atoms with E-state index in [2.05, 4.69) is 19.2 Å². The second kappa shape index (κ2) is 10.0. The van der Waals surface area contributed by atoms with Crippen molar-refractivity contribution in [2.24, 2.45) is 11.8 Å². The molecular weight excluding hydrogens is 290 g/mol. The van der Waals surface area contributed by atoms with Gasteiger partial charge >= 0.3 is 5.97 Å². The molecule has 2 unspecified atom stereocenters. The maximum atomic E-state index is 12.3. The average molecular weight is 319 g/mol. The van der Waals surface area contributed by atoms with Crippen LogP contribution in [0.1, 0.15) is 58.6 Å². The van der Waals surface area contributed by atoms with Crippen LogP contribution in [0.2, 0.25) is 0 Å². The molecule has 4 nitrogen and oxygen atoms in total. The Morgan fingerprint density at radius 2 is 1.74 bits per heavy atom. The minimum Gasteiger partial charge on any atom is -0.466 e. The summed E-state index contributed by atoms with van der Waals surface area (Å²) in [4.78, 5) is 24.0. The van der Waals surface area contributed by atoms with E-state index in [0.29, 0.717) is 25.4 Å². The smallest absolute Gasteiger partial charge is 0.306 e. The molecule has 0 aliphatic heterocycles. The molecule has 0 bridgehead atoms. The largest absolute Gasteiger partial charge is 0.466 e. The van der Waals surface area contributed by atoms with Gasteiger partial charge in [0.1, 0.15) is 0 Å². The third-order valence-electron chi connectivity index (χ3n) is 3.72. The summed E-state index contributed by atoms with van der Waals surface area (Å²) in [5, 5.41) is 3.01. The predicted octanol–water partition coefficient (Wildman–Crippen LogP) is 3.87. The van der Waals surface area contributed by atoms with E-state index in [1.165, 1.54) is 0 Å². The maximum absolute atomic E-state index is 12.3. The molecule has 0 fully saturated rings. The number of nitrogens with one attached hydrogen (secondary N) is 1. The van der Waals surface area contributed by atoms with Crippen LogP contribution in [0.3, 0.4) is 0 Å². The van der Waals surface area contributed by atoms with Crippen LogP contribution in [0.4, 0.5) is 0 Å². The highest BCUT2D eigenvalue weighted by atomic mass is 16.5. The van der Waals surface area contributed by atoms with Gasteiger partial charge < -0.3 is 10.1 Å². The minimum atomic E-state index is -0.220. The normalized spacial score (nSPS) is 13.4. The standard InChI is InChI=1S/C19H29NO3/c1-5-23-19(22)13-16(11-14(2)3)12-18(21)20-15(4)17-9-7-6-8-10-17/h6-10,14-16H,5,11-13H2,1-4H3,(H,20,21). The summed E-state index contributed by atoms with van der Waals surface area (Å²) < 4.78 is 5.02. The lowest BCUT2D eigenvalue weighted by atomic mass is 9.91. The summed E-state index contributed by atoms with van der Waals surface area (Å²) in [5.41, 5.74) is 1.08. The number of esters is 1. The summed E-state index contributed by atoms with van der Waals surface area (Å²) in [6, 6.07) is 9.83. The molecule has 1 N–H and O–H groups in total. The Morgan fingerprint density at radius 1 is 1.09 bits per heavy atom. The van der Waals surface area contributed by atoms with Crippen molar-refractivity contribution in [1.82, 2.24) is 5.32 Å². The average Bonchev–Trinajstić information content (AvgIpc) is 2.47. The first-order chi connectivity index (χ1) is 10.9. The lowest BCUT2D eigenvalue weighted by Crippen LogP contribution is -2.29. The number of carbonyl (C=O) groups is 2.